The lowest BCUT2D eigenvalue weighted by atomic mass is 9.90. The molecular formula is C47H29N5. The van der Waals surface area contributed by atoms with Gasteiger partial charge in [-0.25, -0.2) is 24.8 Å². The fourth-order valence-electron chi connectivity index (χ4n) is 6.74. The normalized spacial score (nSPS) is 11.1. The van der Waals surface area contributed by atoms with Crippen LogP contribution in [0.4, 0.5) is 5.69 Å². The molecule has 0 saturated heterocycles. The summed E-state index contributed by atoms with van der Waals surface area (Å²) in [5.41, 5.74) is 10.4. The summed E-state index contributed by atoms with van der Waals surface area (Å²) in [6.07, 6.45) is 0. The molecule has 0 bridgehead atoms. The van der Waals surface area contributed by atoms with Gasteiger partial charge in [0.1, 0.15) is 0 Å². The lowest BCUT2D eigenvalue weighted by Gasteiger charge is -2.17. The number of aromatic nitrogens is 4. The van der Waals surface area contributed by atoms with Gasteiger partial charge in [-0.15, -0.1) is 0 Å². The van der Waals surface area contributed by atoms with Crippen LogP contribution in [0.5, 0.6) is 0 Å². The first-order valence-electron chi connectivity index (χ1n) is 17.1. The maximum Gasteiger partial charge on any atom is 0.187 e. The summed E-state index contributed by atoms with van der Waals surface area (Å²) >= 11 is 0. The van der Waals surface area contributed by atoms with Gasteiger partial charge in [0.05, 0.1) is 17.8 Å². The molecule has 52 heavy (non-hydrogen) atoms. The van der Waals surface area contributed by atoms with Crippen molar-refractivity contribution in [2.24, 2.45) is 0 Å². The van der Waals surface area contributed by atoms with Crippen molar-refractivity contribution >= 4 is 27.4 Å². The van der Waals surface area contributed by atoms with Gasteiger partial charge < -0.3 is 0 Å². The van der Waals surface area contributed by atoms with E-state index < -0.39 is 0 Å². The maximum absolute atomic E-state index is 7.44. The number of pyridine rings is 1. The molecule has 9 aromatic rings. The van der Waals surface area contributed by atoms with Crippen molar-refractivity contribution in [3.63, 3.8) is 0 Å². The van der Waals surface area contributed by atoms with E-state index in [1.54, 1.807) is 0 Å². The molecule has 0 aliphatic carbocycles. The van der Waals surface area contributed by atoms with Gasteiger partial charge in [-0.1, -0.05) is 164 Å². The number of fused-ring (bicyclic) bond motifs is 3. The van der Waals surface area contributed by atoms with Crippen LogP contribution in [0.2, 0.25) is 0 Å². The maximum atomic E-state index is 7.44. The molecule has 5 heteroatoms. The van der Waals surface area contributed by atoms with E-state index in [9.17, 15) is 0 Å². The summed E-state index contributed by atoms with van der Waals surface area (Å²) in [7, 11) is 0. The third-order valence-corrected chi connectivity index (χ3v) is 9.33. The highest BCUT2D eigenvalue weighted by Gasteiger charge is 2.18. The van der Waals surface area contributed by atoms with Crippen molar-refractivity contribution in [3.05, 3.63) is 187 Å². The summed E-state index contributed by atoms with van der Waals surface area (Å²) in [6.45, 7) is 7.44. The van der Waals surface area contributed by atoms with Crippen molar-refractivity contribution in [2.75, 3.05) is 0 Å². The molecule has 0 spiro atoms. The molecule has 0 saturated carbocycles. The molecule has 0 aliphatic rings. The smallest absolute Gasteiger partial charge is 0.187 e. The van der Waals surface area contributed by atoms with E-state index >= 15 is 0 Å². The summed E-state index contributed by atoms with van der Waals surface area (Å²) in [6, 6.07) is 59.6. The second-order valence-electron chi connectivity index (χ2n) is 12.6. The van der Waals surface area contributed by atoms with Crippen LogP contribution in [0, 0.1) is 6.57 Å². The molecule has 0 N–H and O–H groups in total. The van der Waals surface area contributed by atoms with Crippen molar-refractivity contribution < 1.29 is 0 Å². The minimum Gasteiger partial charge on any atom is -0.247 e. The summed E-state index contributed by atoms with van der Waals surface area (Å²) in [5.74, 6) is 1.87. The largest absolute Gasteiger partial charge is 0.247 e. The Morgan fingerprint density at radius 2 is 0.846 bits per heavy atom. The molecule has 242 valence electrons. The first-order valence-corrected chi connectivity index (χ1v) is 17.1. The van der Waals surface area contributed by atoms with E-state index in [0.29, 0.717) is 23.2 Å². The molecule has 0 fully saturated rings. The van der Waals surface area contributed by atoms with E-state index in [-0.39, 0.29) is 0 Å². The third kappa shape index (κ3) is 5.75. The Hall–Kier alpha value is -7.29. The van der Waals surface area contributed by atoms with Gasteiger partial charge in [0.15, 0.2) is 23.2 Å². The zero-order chi connectivity index (χ0) is 34.9. The quantitative estimate of drug-likeness (QED) is 0.131. The van der Waals surface area contributed by atoms with Gasteiger partial charge >= 0.3 is 0 Å². The summed E-state index contributed by atoms with van der Waals surface area (Å²) < 4.78 is 0. The zero-order valence-corrected chi connectivity index (χ0v) is 28.0. The molecule has 5 nitrogen and oxygen atoms in total. The fourth-order valence-corrected chi connectivity index (χ4v) is 6.74. The van der Waals surface area contributed by atoms with E-state index in [2.05, 4.69) is 89.8 Å². The molecule has 2 heterocycles. The van der Waals surface area contributed by atoms with Crippen LogP contribution in [0.3, 0.4) is 0 Å². The second-order valence-corrected chi connectivity index (χ2v) is 12.6. The predicted molar refractivity (Wildman–Crippen MR) is 212 cm³/mol. The summed E-state index contributed by atoms with van der Waals surface area (Å²) in [5, 5.41) is 3.38. The number of nitrogens with zero attached hydrogens (tertiary/aromatic N) is 5. The van der Waals surface area contributed by atoms with Crippen LogP contribution in [0.15, 0.2) is 176 Å². The number of hydrogen-bond acceptors (Lipinski definition) is 4. The van der Waals surface area contributed by atoms with Crippen molar-refractivity contribution in [1.82, 2.24) is 19.9 Å². The Morgan fingerprint density at radius 3 is 1.42 bits per heavy atom. The van der Waals surface area contributed by atoms with Gasteiger partial charge in [-0.3, -0.25) is 0 Å². The first-order chi connectivity index (χ1) is 25.7. The second kappa shape index (κ2) is 13.2. The highest BCUT2D eigenvalue weighted by Crippen LogP contribution is 2.41. The lowest BCUT2D eigenvalue weighted by Crippen LogP contribution is -2.00. The van der Waals surface area contributed by atoms with Gasteiger partial charge in [0, 0.05) is 27.6 Å². The number of rotatable bonds is 6. The van der Waals surface area contributed by atoms with E-state index in [1.807, 2.05) is 91.0 Å². The molecular weight excluding hydrogens is 635 g/mol. The standard InChI is InChI=1S/C47H29N5/c1-48-38-27-25-33(26-28-38)42-30-40(31-13-5-2-6-14-31)43-39-20-12-11-19-37(39)29-41(44(43)49-42)32-21-23-36(24-22-32)47-51-45(34-15-7-3-8-16-34)50-46(52-47)35-17-9-4-10-18-35/h2-30H. The van der Waals surface area contributed by atoms with Crippen LogP contribution in [0.25, 0.3) is 94.2 Å². The Balaban J connectivity index is 1.24. The molecule has 0 amide bonds. The van der Waals surface area contributed by atoms with Crippen molar-refractivity contribution in [1.29, 1.82) is 0 Å². The summed E-state index contributed by atoms with van der Waals surface area (Å²) in [4.78, 5) is 23.7. The zero-order valence-electron chi connectivity index (χ0n) is 28.0. The van der Waals surface area contributed by atoms with Gasteiger partial charge in [0.2, 0.25) is 0 Å². The molecule has 0 unspecified atom stereocenters. The molecule has 0 atom stereocenters. The number of hydrogen-bond donors (Lipinski definition) is 0. The minimum atomic E-state index is 0.601. The van der Waals surface area contributed by atoms with Crippen LogP contribution in [-0.2, 0) is 0 Å². The highest BCUT2D eigenvalue weighted by molar-refractivity contribution is 6.18. The first kappa shape index (κ1) is 30.7. The minimum absolute atomic E-state index is 0.601. The van der Waals surface area contributed by atoms with E-state index in [0.717, 1.165) is 71.9 Å². The average Bonchev–Trinajstić information content (AvgIpc) is 3.24. The Morgan fingerprint density at radius 1 is 0.385 bits per heavy atom. The van der Waals surface area contributed by atoms with Gasteiger partial charge in [-0.05, 0) is 45.2 Å². The Labute approximate surface area is 301 Å². The monoisotopic (exact) mass is 663 g/mol. The van der Waals surface area contributed by atoms with Gasteiger partial charge in [0.25, 0.3) is 0 Å². The van der Waals surface area contributed by atoms with E-state index in [1.165, 1.54) is 0 Å². The van der Waals surface area contributed by atoms with Gasteiger partial charge in [-0.2, -0.15) is 0 Å². The van der Waals surface area contributed by atoms with Crippen LogP contribution >= 0.6 is 0 Å². The highest BCUT2D eigenvalue weighted by atomic mass is 15.0. The van der Waals surface area contributed by atoms with Crippen LogP contribution < -0.4 is 0 Å². The van der Waals surface area contributed by atoms with Crippen molar-refractivity contribution in [2.45, 2.75) is 0 Å². The van der Waals surface area contributed by atoms with E-state index in [4.69, 9.17) is 26.5 Å². The SMILES string of the molecule is [C-]#[N+]c1ccc(-c2cc(-c3ccccc3)c3c(n2)c(-c2ccc(-c4nc(-c5ccccc5)nc(-c5ccccc5)n4)cc2)cc2ccccc23)cc1. The lowest BCUT2D eigenvalue weighted by molar-refractivity contribution is 1.07. The average molecular weight is 664 g/mol. The van der Waals surface area contributed by atoms with Crippen LogP contribution in [-0.4, -0.2) is 19.9 Å². The molecule has 0 aliphatic heterocycles. The third-order valence-electron chi connectivity index (χ3n) is 9.33. The van der Waals surface area contributed by atoms with Crippen LogP contribution in [0.1, 0.15) is 0 Å². The fraction of sp³-hybridized carbons (Fsp3) is 0. The van der Waals surface area contributed by atoms with Crippen molar-refractivity contribution in [3.8, 4) is 67.7 Å². The Bertz CT molecular complexity index is 2700. The Kier molecular flexibility index (Phi) is 7.81. The number of benzene rings is 7. The molecule has 7 aromatic carbocycles. The molecule has 0 radical (unpaired) electrons. The topological polar surface area (TPSA) is 55.9 Å². The predicted octanol–water partition coefficient (Wildman–Crippen LogP) is 12.1. The molecule has 2 aromatic heterocycles. The molecule has 9 rings (SSSR count).